The van der Waals surface area contributed by atoms with Gasteiger partial charge < -0.3 is 4.74 Å². The molecule has 0 bridgehead atoms. The van der Waals surface area contributed by atoms with Crippen molar-refractivity contribution in [2.24, 2.45) is 0 Å². The third-order valence-electron chi connectivity index (χ3n) is 4.68. The summed E-state index contributed by atoms with van der Waals surface area (Å²) in [6.07, 6.45) is 0. The highest BCUT2D eigenvalue weighted by Gasteiger charge is 2.31. The fourth-order valence-corrected chi connectivity index (χ4v) is 5.18. The summed E-state index contributed by atoms with van der Waals surface area (Å²) in [4.78, 5) is 0.0450. The molecule has 152 valence electrons. The Bertz CT molecular complexity index is 1120. The van der Waals surface area contributed by atoms with E-state index in [4.69, 9.17) is 16.3 Å². The highest BCUT2D eigenvalue weighted by atomic mass is 35.5. The number of ether oxygens (including phenoxy) is 1. The van der Waals surface area contributed by atoms with Crippen molar-refractivity contribution in [1.82, 2.24) is 0 Å². The summed E-state index contributed by atoms with van der Waals surface area (Å²) in [6.45, 7) is 3.37. The zero-order chi connectivity index (χ0) is 21.2. The zero-order valence-electron chi connectivity index (χ0n) is 16.3. The Morgan fingerprint density at radius 2 is 1.72 bits per heavy atom. The number of aryl methyl sites for hydroxylation is 1. The number of hydrogen-bond donors (Lipinski definition) is 0. The highest BCUT2D eigenvalue weighted by molar-refractivity contribution is 7.92. The summed E-state index contributed by atoms with van der Waals surface area (Å²) in [7, 11) is -2.44. The van der Waals surface area contributed by atoms with Gasteiger partial charge in [0.05, 0.1) is 23.7 Å². The number of rotatable bonds is 6. The van der Waals surface area contributed by atoms with Gasteiger partial charge in [0.1, 0.15) is 11.6 Å². The lowest BCUT2D eigenvalue weighted by Gasteiger charge is -2.31. The molecule has 4 nitrogen and oxygen atoms in total. The molecule has 0 amide bonds. The average molecular weight is 434 g/mol. The molecule has 0 N–H and O–H groups in total. The number of halogens is 2. The average Bonchev–Trinajstić information content (AvgIpc) is 2.69. The molecule has 0 heterocycles. The maximum Gasteiger partial charge on any atom is 0.265 e. The number of hydrogen-bond acceptors (Lipinski definition) is 3. The third-order valence-corrected chi connectivity index (χ3v) is 6.99. The number of benzene rings is 3. The molecule has 0 spiro atoms. The summed E-state index contributed by atoms with van der Waals surface area (Å²) < 4.78 is 47.5. The van der Waals surface area contributed by atoms with E-state index in [9.17, 15) is 12.8 Å². The van der Waals surface area contributed by atoms with Crippen molar-refractivity contribution in [3.63, 3.8) is 0 Å². The molecule has 3 aromatic carbocycles. The summed E-state index contributed by atoms with van der Waals surface area (Å²) >= 11 is 6.00. The largest absolute Gasteiger partial charge is 0.497 e. The normalized spacial score (nSPS) is 12.4. The molecule has 1 unspecified atom stereocenters. The van der Waals surface area contributed by atoms with Crippen LogP contribution in [0.15, 0.2) is 71.6 Å². The Morgan fingerprint density at radius 1 is 1.03 bits per heavy atom. The van der Waals surface area contributed by atoms with E-state index in [1.807, 2.05) is 6.07 Å². The first-order valence-electron chi connectivity index (χ1n) is 8.94. The van der Waals surface area contributed by atoms with Gasteiger partial charge in [0.25, 0.3) is 10.0 Å². The van der Waals surface area contributed by atoms with Gasteiger partial charge in [0, 0.05) is 5.02 Å². The molecule has 0 saturated heterocycles. The minimum Gasteiger partial charge on any atom is -0.497 e. The second-order valence-electron chi connectivity index (χ2n) is 6.64. The Balaban J connectivity index is 2.18. The summed E-state index contributed by atoms with van der Waals surface area (Å²) in [6, 6.07) is 16.9. The molecule has 3 aromatic rings. The Morgan fingerprint density at radius 3 is 2.34 bits per heavy atom. The molecular formula is C22H21ClFNO3S. The molecule has 3 rings (SSSR count). The molecular weight excluding hydrogens is 413 g/mol. The van der Waals surface area contributed by atoms with Crippen molar-refractivity contribution in [3.8, 4) is 5.75 Å². The van der Waals surface area contributed by atoms with Crippen molar-refractivity contribution in [2.75, 3.05) is 11.4 Å². The van der Waals surface area contributed by atoms with Gasteiger partial charge in [0.15, 0.2) is 0 Å². The second-order valence-corrected chi connectivity index (χ2v) is 8.86. The molecule has 0 aromatic heterocycles. The molecule has 7 heteroatoms. The number of anilines is 1. The fraction of sp³-hybridized carbons (Fsp3) is 0.182. The first kappa shape index (κ1) is 21.1. The predicted molar refractivity (Wildman–Crippen MR) is 114 cm³/mol. The summed E-state index contributed by atoms with van der Waals surface area (Å²) in [5.74, 6) is 0.140. The summed E-state index contributed by atoms with van der Waals surface area (Å²) in [5.41, 5.74) is 1.54. The number of nitrogens with zero attached hydrogens (tertiary/aromatic N) is 1. The molecule has 0 aliphatic rings. The maximum absolute atomic E-state index is 13.7. The minimum atomic E-state index is -4.00. The Hall–Kier alpha value is -2.57. The SMILES string of the molecule is COc1cccc(C(C)N(c2ccc(Cl)cc2)S(=O)(=O)c2ccc(F)cc2C)c1. The monoisotopic (exact) mass is 433 g/mol. The van der Waals surface area contributed by atoms with Crippen molar-refractivity contribution in [3.05, 3.63) is 88.7 Å². The van der Waals surface area contributed by atoms with Gasteiger partial charge in [-0.15, -0.1) is 0 Å². The number of sulfonamides is 1. The van der Waals surface area contributed by atoms with Gasteiger partial charge >= 0.3 is 0 Å². The van der Waals surface area contributed by atoms with Gasteiger partial charge in [-0.2, -0.15) is 0 Å². The van der Waals surface area contributed by atoms with E-state index in [1.165, 1.54) is 16.4 Å². The van der Waals surface area contributed by atoms with E-state index in [1.54, 1.807) is 63.4 Å². The van der Waals surface area contributed by atoms with Gasteiger partial charge in [-0.05, 0) is 79.6 Å². The van der Waals surface area contributed by atoms with Gasteiger partial charge in [-0.25, -0.2) is 12.8 Å². The lowest BCUT2D eigenvalue weighted by atomic mass is 10.1. The van der Waals surface area contributed by atoms with Crippen LogP contribution in [0, 0.1) is 12.7 Å². The lowest BCUT2D eigenvalue weighted by molar-refractivity contribution is 0.414. The smallest absolute Gasteiger partial charge is 0.265 e. The van der Waals surface area contributed by atoms with Crippen molar-refractivity contribution < 1.29 is 17.5 Å². The lowest BCUT2D eigenvalue weighted by Crippen LogP contribution is -2.34. The van der Waals surface area contributed by atoms with Crippen LogP contribution < -0.4 is 9.04 Å². The van der Waals surface area contributed by atoms with E-state index >= 15 is 0 Å². The van der Waals surface area contributed by atoms with Crippen LogP contribution in [0.3, 0.4) is 0 Å². The quantitative estimate of drug-likeness (QED) is 0.497. The fourth-order valence-electron chi connectivity index (χ4n) is 3.20. The van der Waals surface area contributed by atoms with E-state index in [0.717, 1.165) is 11.6 Å². The first-order chi connectivity index (χ1) is 13.7. The van der Waals surface area contributed by atoms with Crippen LogP contribution in [-0.2, 0) is 10.0 Å². The number of methoxy groups -OCH3 is 1. The molecule has 0 aliphatic heterocycles. The maximum atomic E-state index is 13.7. The molecule has 29 heavy (non-hydrogen) atoms. The molecule has 0 aliphatic carbocycles. The molecule has 0 saturated carbocycles. The van der Waals surface area contributed by atoms with Crippen LogP contribution in [0.25, 0.3) is 0 Å². The van der Waals surface area contributed by atoms with Crippen molar-refractivity contribution in [2.45, 2.75) is 24.8 Å². The third kappa shape index (κ3) is 4.38. The van der Waals surface area contributed by atoms with Crippen LogP contribution in [0.2, 0.25) is 5.02 Å². The highest BCUT2D eigenvalue weighted by Crippen LogP contribution is 2.35. The Kier molecular flexibility index (Phi) is 6.15. The van der Waals surface area contributed by atoms with Crippen LogP contribution in [0.4, 0.5) is 10.1 Å². The van der Waals surface area contributed by atoms with Crippen LogP contribution in [-0.4, -0.2) is 15.5 Å². The van der Waals surface area contributed by atoms with Crippen LogP contribution >= 0.6 is 11.6 Å². The molecule has 0 radical (unpaired) electrons. The standard InChI is InChI=1S/C22H21ClFNO3S/c1-15-13-19(24)9-12-22(15)29(26,27)25(20-10-7-18(23)8-11-20)16(2)17-5-4-6-21(14-17)28-3/h4-14,16H,1-3H3. The molecule has 1 atom stereocenters. The van der Waals surface area contributed by atoms with Gasteiger partial charge in [0.2, 0.25) is 0 Å². The van der Waals surface area contributed by atoms with E-state index in [2.05, 4.69) is 0 Å². The van der Waals surface area contributed by atoms with Crippen LogP contribution in [0.5, 0.6) is 5.75 Å². The second kappa shape index (κ2) is 8.43. The first-order valence-corrected chi connectivity index (χ1v) is 10.8. The zero-order valence-corrected chi connectivity index (χ0v) is 17.8. The van der Waals surface area contributed by atoms with Crippen molar-refractivity contribution >= 4 is 27.3 Å². The topological polar surface area (TPSA) is 46.6 Å². The minimum absolute atomic E-state index is 0.0450. The van der Waals surface area contributed by atoms with Gasteiger partial charge in [-0.1, -0.05) is 23.7 Å². The van der Waals surface area contributed by atoms with E-state index in [0.29, 0.717) is 22.0 Å². The summed E-state index contributed by atoms with van der Waals surface area (Å²) in [5, 5.41) is 0.498. The predicted octanol–water partition coefficient (Wildman–Crippen LogP) is 5.75. The van der Waals surface area contributed by atoms with Crippen molar-refractivity contribution in [1.29, 1.82) is 0 Å². The Labute approximate surface area is 175 Å². The van der Waals surface area contributed by atoms with E-state index < -0.39 is 21.9 Å². The van der Waals surface area contributed by atoms with Gasteiger partial charge in [-0.3, -0.25) is 4.31 Å². The molecule has 0 fully saturated rings. The van der Waals surface area contributed by atoms with E-state index in [-0.39, 0.29) is 4.90 Å². The van der Waals surface area contributed by atoms with Crippen LogP contribution in [0.1, 0.15) is 24.1 Å².